The fourth-order valence-corrected chi connectivity index (χ4v) is 1.55. The number of alkyl halides is 4. The van der Waals surface area contributed by atoms with Crippen LogP contribution in [0.3, 0.4) is 0 Å². The number of nitriles is 1. The molecule has 1 rings (SSSR count). The lowest BCUT2D eigenvalue weighted by Crippen LogP contribution is -2.12. The molecule has 0 heterocycles. The Balaban J connectivity index is 3.52. The molecule has 0 aliphatic rings. The van der Waals surface area contributed by atoms with Crippen molar-refractivity contribution in [1.82, 2.24) is 0 Å². The van der Waals surface area contributed by atoms with E-state index in [1.807, 2.05) is 0 Å². The van der Waals surface area contributed by atoms with Crippen molar-refractivity contribution in [3.05, 3.63) is 34.4 Å². The number of carbonyl (C=O) groups excluding carboxylic acids is 1. The fourth-order valence-electron chi connectivity index (χ4n) is 1.40. The van der Waals surface area contributed by atoms with Gasteiger partial charge in [-0.2, -0.15) is 18.4 Å². The second-order valence-electron chi connectivity index (χ2n) is 3.38. The van der Waals surface area contributed by atoms with Crippen LogP contribution in [-0.2, 0) is 6.18 Å². The van der Waals surface area contributed by atoms with Gasteiger partial charge in [-0.3, -0.25) is 4.79 Å². The maximum atomic E-state index is 12.7. The summed E-state index contributed by atoms with van der Waals surface area (Å²) in [6.07, 6.45) is -4.67. The third kappa shape index (κ3) is 2.77. The molecule has 0 saturated heterocycles. The monoisotopic (exact) mass is 261 g/mol. The van der Waals surface area contributed by atoms with Crippen molar-refractivity contribution >= 4 is 17.4 Å². The molecule has 17 heavy (non-hydrogen) atoms. The molecule has 1 aromatic rings. The van der Waals surface area contributed by atoms with E-state index in [4.69, 9.17) is 16.9 Å². The van der Waals surface area contributed by atoms with Crippen LogP contribution in [0, 0.1) is 18.3 Å². The molecular weight excluding hydrogens is 255 g/mol. The molecule has 1 aromatic carbocycles. The van der Waals surface area contributed by atoms with Crippen LogP contribution in [-0.4, -0.2) is 11.7 Å². The predicted octanol–water partition coefficient (Wildman–Crippen LogP) is 3.31. The maximum Gasteiger partial charge on any atom is 0.417 e. The molecule has 2 nitrogen and oxygen atoms in total. The van der Waals surface area contributed by atoms with Crippen molar-refractivity contribution in [3.63, 3.8) is 0 Å². The van der Waals surface area contributed by atoms with Crippen molar-refractivity contribution in [3.8, 4) is 6.07 Å². The van der Waals surface area contributed by atoms with Crippen molar-refractivity contribution in [2.24, 2.45) is 0 Å². The van der Waals surface area contributed by atoms with Gasteiger partial charge in [0.15, 0.2) is 5.78 Å². The van der Waals surface area contributed by atoms with Gasteiger partial charge < -0.3 is 0 Å². The summed E-state index contributed by atoms with van der Waals surface area (Å²) in [5.41, 5.74) is -1.60. The van der Waals surface area contributed by atoms with Crippen LogP contribution in [0.5, 0.6) is 0 Å². The van der Waals surface area contributed by atoms with Crippen LogP contribution in [0.1, 0.15) is 27.0 Å². The molecule has 0 N–H and O–H groups in total. The van der Waals surface area contributed by atoms with Crippen molar-refractivity contribution in [2.45, 2.75) is 13.1 Å². The van der Waals surface area contributed by atoms with Gasteiger partial charge in [-0.1, -0.05) is 0 Å². The van der Waals surface area contributed by atoms with Gasteiger partial charge in [0.2, 0.25) is 0 Å². The van der Waals surface area contributed by atoms with E-state index in [9.17, 15) is 18.0 Å². The van der Waals surface area contributed by atoms with E-state index in [0.29, 0.717) is 6.07 Å². The molecule has 0 atom stereocenters. The highest BCUT2D eigenvalue weighted by atomic mass is 35.5. The third-order valence-electron chi connectivity index (χ3n) is 2.20. The zero-order valence-electron chi connectivity index (χ0n) is 8.73. The Kier molecular flexibility index (Phi) is 3.79. The molecule has 0 fully saturated rings. The highest BCUT2D eigenvalue weighted by Gasteiger charge is 2.35. The Morgan fingerprint density at radius 2 is 2.06 bits per heavy atom. The summed E-state index contributed by atoms with van der Waals surface area (Å²) in [6, 6.07) is 3.39. The SMILES string of the molecule is Cc1cc(C(=O)CCl)cc(C(F)(F)F)c1C#N. The van der Waals surface area contributed by atoms with E-state index in [1.165, 1.54) is 19.1 Å². The molecule has 0 unspecified atom stereocenters. The van der Waals surface area contributed by atoms with E-state index in [0.717, 1.165) is 0 Å². The lowest BCUT2D eigenvalue weighted by molar-refractivity contribution is -0.137. The number of benzene rings is 1. The quantitative estimate of drug-likeness (QED) is 0.605. The summed E-state index contributed by atoms with van der Waals surface area (Å²) < 4.78 is 38.0. The van der Waals surface area contributed by atoms with Gasteiger partial charge in [-0.25, -0.2) is 0 Å². The maximum absolute atomic E-state index is 12.7. The van der Waals surface area contributed by atoms with Crippen LogP contribution >= 0.6 is 11.6 Å². The third-order valence-corrected chi connectivity index (χ3v) is 2.44. The minimum atomic E-state index is -4.67. The van der Waals surface area contributed by atoms with Gasteiger partial charge in [0.25, 0.3) is 0 Å². The number of carbonyl (C=O) groups is 1. The van der Waals surface area contributed by atoms with Crippen LogP contribution in [0.25, 0.3) is 0 Å². The predicted molar refractivity (Wildman–Crippen MR) is 55.9 cm³/mol. The highest BCUT2D eigenvalue weighted by Crippen LogP contribution is 2.34. The number of hydrogen-bond donors (Lipinski definition) is 0. The molecule has 0 saturated carbocycles. The van der Waals surface area contributed by atoms with Crippen molar-refractivity contribution in [1.29, 1.82) is 5.26 Å². The topological polar surface area (TPSA) is 40.9 Å². The number of rotatable bonds is 2. The highest BCUT2D eigenvalue weighted by molar-refractivity contribution is 6.30. The summed E-state index contributed by atoms with van der Waals surface area (Å²) >= 11 is 5.28. The molecule has 0 amide bonds. The van der Waals surface area contributed by atoms with Crippen molar-refractivity contribution in [2.75, 3.05) is 5.88 Å². The number of Topliss-reactive ketones (excluding diaryl/α,β-unsaturated/α-hetero) is 1. The average molecular weight is 262 g/mol. The minimum Gasteiger partial charge on any atom is -0.293 e. The number of ketones is 1. The van der Waals surface area contributed by atoms with Gasteiger partial charge in [0.1, 0.15) is 6.07 Å². The summed E-state index contributed by atoms with van der Waals surface area (Å²) in [5, 5.41) is 8.69. The second-order valence-corrected chi connectivity index (χ2v) is 3.65. The smallest absolute Gasteiger partial charge is 0.293 e. The molecular formula is C11H7ClF3NO. The first-order valence-electron chi connectivity index (χ1n) is 4.52. The van der Waals surface area contributed by atoms with Gasteiger partial charge in [0, 0.05) is 5.56 Å². The normalized spacial score (nSPS) is 11.1. The lowest BCUT2D eigenvalue weighted by atomic mass is 9.97. The molecule has 0 aliphatic carbocycles. The van der Waals surface area contributed by atoms with Gasteiger partial charge >= 0.3 is 6.18 Å². The molecule has 90 valence electrons. The van der Waals surface area contributed by atoms with E-state index < -0.39 is 29.0 Å². The fraction of sp³-hybridized carbons (Fsp3) is 0.273. The van der Waals surface area contributed by atoms with Gasteiger partial charge in [-0.15, -0.1) is 11.6 Å². The average Bonchev–Trinajstić information content (AvgIpc) is 2.25. The summed E-state index contributed by atoms with van der Waals surface area (Å²) in [4.78, 5) is 11.3. The Bertz CT molecular complexity index is 503. The molecule has 0 aliphatic heterocycles. The number of hydrogen-bond acceptors (Lipinski definition) is 2. The largest absolute Gasteiger partial charge is 0.417 e. The summed E-state index contributed by atoms with van der Waals surface area (Å²) in [6.45, 7) is 1.35. The Morgan fingerprint density at radius 3 is 2.47 bits per heavy atom. The zero-order valence-corrected chi connectivity index (χ0v) is 9.49. The minimum absolute atomic E-state index is 0.107. The number of aryl methyl sites for hydroxylation is 1. The zero-order chi connectivity index (χ0) is 13.2. The molecule has 0 aromatic heterocycles. The summed E-state index contributed by atoms with van der Waals surface area (Å²) in [7, 11) is 0. The molecule has 0 radical (unpaired) electrons. The van der Waals surface area contributed by atoms with Gasteiger partial charge in [0.05, 0.1) is 17.0 Å². The molecule has 0 spiro atoms. The van der Waals surface area contributed by atoms with Gasteiger partial charge in [-0.05, 0) is 24.6 Å². The van der Waals surface area contributed by atoms with E-state index in [-0.39, 0.29) is 11.1 Å². The Morgan fingerprint density at radius 1 is 1.47 bits per heavy atom. The van der Waals surface area contributed by atoms with E-state index >= 15 is 0 Å². The number of nitrogens with zero attached hydrogens (tertiary/aromatic N) is 1. The van der Waals surface area contributed by atoms with Crippen LogP contribution in [0.4, 0.5) is 13.2 Å². The molecule has 0 bridgehead atoms. The van der Waals surface area contributed by atoms with Crippen LogP contribution in [0.15, 0.2) is 12.1 Å². The summed E-state index contributed by atoms with van der Waals surface area (Å²) in [5.74, 6) is -1.01. The van der Waals surface area contributed by atoms with E-state index in [1.54, 1.807) is 0 Å². The number of halogens is 4. The Labute approximate surface area is 101 Å². The first-order chi connectivity index (χ1) is 7.81. The second kappa shape index (κ2) is 4.76. The standard InChI is InChI=1S/C11H7ClF3NO/c1-6-2-7(10(17)4-12)3-9(8(6)5-16)11(13,14)15/h2-3H,4H2,1H3. The first-order valence-corrected chi connectivity index (χ1v) is 5.05. The van der Waals surface area contributed by atoms with E-state index in [2.05, 4.69) is 0 Å². The lowest BCUT2D eigenvalue weighted by Gasteiger charge is -2.12. The van der Waals surface area contributed by atoms with Crippen LogP contribution in [0.2, 0.25) is 0 Å². The van der Waals surface area contributed by atoms with Crippen LogP contribution < -0.4 is 0 Å². The molecule has 6 heteroatoms. The van der Waals surface area contributed by atoms with Crippen molar-refractivity contribution < 1.29 is 18.0 Å². The Hall–Kier alpha value is -1.54. The first kappa shape index (κ1) is 13.5.